The molecule has 0 atom stereocenters. The van der Waals surface area contributed by atoms with E-state index < -0.39 is 0 Å². The van der Waals surface area contributed by atoms with Gasteiger partial charge in [0, 0.05) is 16.4 Å². The van der Waals surface area contributed by atoms with E-state index in [0.717, 1.165) is 36.0 Å². The zero-order chi connectivity index (χ0) is 14.8. The number of piperidine rings is 1. The Bertz CT molecular complexity index is 513. The molecule has 0 saturated carbocycles. The molecule has 20 heavy (non-hydrogen) atoms. The summed E-state index contributed by atoms with van der Waals surface area (Å²) < 4.78 is 14.2. The number of halogens is 2. The minimum atomic E-state index is -0.246. The van der Waals surface area contributed by atoms with Gasteiger partial charge in [-0.2, -0.15) is 0 Å². The van der Waals surface area contributed by atoms with Gasteiger partial charge in [-0.1, -0.05) is 28.0 Å². The number of hydrogen-bond donors (Lipinski definition) is 2. The van der Waals surface area contributed by atoms with Crippen molar-refractivity contribution >= 4 is 21.8 Å². The lowest BCUT2D eigenvalue weighted by atomic mass is 9.79. The standard InChI is InChI=1S/C14H19BrFN3O/c1-14(13(17)18-20)4-6-19(7-5-14)9-10-8-11(16)2-3-12(10)15/h2-3,8,20H,4-7,9H2,1H3,(H2,17,18). The van der Waals surface area contributed by atoms with Crippen molar-refractivity contribution in [2.75, 3.05) is 13.1 Å². The van der Waals surface area contributed by atoms with Crippen LogP contribution in [-0.2, 0) is 6.54 Å². The molecular weight excluding hydrogens is 325 g/mol. The summed E-state index contributed by atoms with van der Waals surface area (Å²) in [6.45, 7) is 4.40. The molecule has 0 bridgehead atoms. The molecule has 0 spiro atoms. The number of oxime groups is 1. The van der Waals surface area contributed by atoms with E-state index in [1.54, 1.807) is 12.1 Å². The largest absolute Gasteiger partial charge is 0.409 e. The molecule has 0 aliphatic carbocycles. The summed E-state index contributed by atoms with van der Waals surface area (Å²) in [5.74, 6) is 0.0748. The smallest absolute Gasteiger partial charge is 0.145 e. The third-order valence-corrected chi connectivity index (χ3v) is 4.86. The van der Waals surface area contributed by atoms with E-state index in [1.165, 1.54) is 6.07 Å². The van der Waals surface area contributed by atoms with Gasteiger partial charge in [0.1, 0.15) is 11.7 Å². The summed E-state index contributed by atoms with van der Waals surface area (Å²) in [7, 11) is 0. The first-order valence-corrected chi connectivity index (χ1v) is 7.38. The van der Waals surface area contributed by atoms with Gasteiger partial charge in [-0.25, -0.2) is 4.39 Å². The predicted octanol–water partition coefficient (Wildman–Crippen LogP) is 2.94. The van der Waals surface area contributed by atoms with Crippen LogP contribution >= 0.6 is 15.9 Å². The van der Waals surface area contributed by atoms with Crippen molar-refractivity contribution < 1.29 is 9.60 Å². The highest BCUT2D eigenvalue weighted by Gasteiger charge is 2.34. The highest BCUT2D eigenvalue weighted by atomic mass is 79.9. The van der Waals surface area contributed by atoms with Crippen LogP contribution in [0.5, 0.6) is 0 Å². The quantitative estimate of drug-likeness (QED) is 0.384. The van der Waals surface area contributed by atoms with Gasteiger partial charge in [-0.15, -0.1) is 0 Å². The second-order valence-electron chi connectivity index (χ2n) is 5.56. The molecule has 110 valence electrons. The average molecular weight is 344 g/mol. The maximum absolute atomic E-state index is 13.3. The Labute approximate surface area is 126 Å². The van der Waals surface area contributed by atoms with Gasteiger partial charge in [-0.05, 0) is 49.7 Å². The number of likely N-dealkylation sites (tertiary alicyclic amines) is 1. The van der Waals surface area contributed by atoms with Crippen LogP contribution in [0.2, 0.25) is 0 Å². The molecule has 0 radical (unpaired) electrons. The van der Waals surface area contributed by atoms with Crippen molar-refractivity contribution in [1.29, 1.82) is 0 Å². The molecule has 1 aromatic carbocycles. The number of amidine groups is 1. The van der Waals surface area contributed by atoms with Crippen molar-refractivity contribution in [3.05, 3.63) is 34.1 Å². The third-order valence-electron chi connectivity index (χ3n) is 4.09. The minimum Gasteiger partial charge on any atom is -0.409 e. The molecule has 0 amide bonds. The fourth-order valence-corrected chi connectivity index (χ4v) is 2.86. The number of hydrogen-bond acceptors (Lipinski definition) is 3. The Morgan fingerprint density at radius 2 is 2.15 bits per heavy atom. The lowest BCUT2D eigenvalue weighted by Gasteiger charge is -2.38. The molecular formula is C14H19BrFN3O. The number of nitrogens with zero attached hydrogens (tertiary/aromatic N) is 2. The van der Waals surface area contributed by atoms with E-state index in [4.69, 9.17) is 10.9 Å². The zero-order valence-corrected chi connectivity index (χ0v) is 13.0. The van der Waals surface area contributed by atoms with Crippen LogP contribution in [-0.4, -0.2) is 29.0 Å². The Morgan fingerprint density at radius 1 is 1.50 bits per heavy atom. The van der Waals surface area contributed by atoms with Crippen LogP contribution in [0, 0.1) is 11.2 Å². The zero-order valence-electron chi connectivity index (χ0n) is 11.4. The molecule has 0 unspecified atom stereocenters. The molecule has 1 fully saturated rings. The summed E-state index contributed by atoms with van der Waals surface area (Å²) in [5, 5.41) is 12.0. The van der Waals surface area contributed by atoms with Crippen LogP contribution in [0.25, 0.3) is 0 Å². The van der Waals surface area contributed by atoms with Gasteiger partial charge in [0.2, 0.25) is 0 Å². The summed E-state index contributed by atoms with van der Waals surface area (Å²) in [6.07, 6.45) is 1.66. The van der Waals surface area contributed by atoms with Crippen molar-refractivity contribution in [1.82, 2.24) is 4.90 Å². The molecule has 1 saturated heterocycles. The maximum Gasteiger partial charge on any atom is 0.145 e. The second-order valence-corrected chi connectivity index (χ2v) is 6.41. The van der Waals surface area contributed by atoms with Crippen LogP contribution in [0.15, 0.2) is 27.8 Å². The molecule has 1 heterocycles. The Kier molecular flexibility index (Phi) is 4.65. The molecule has 1 aliphatic heterocycles. The van der Waals surface area contributed by atoms with Crippen LogP contribution in [0.4, 0.5) is 4.39 Å². The molecule has 2 rings (SSSR count). The molecule has 4 nitrogen and oxygen atoms in total. The predicted molar refractivity (Wildman–Crippen MR) is 80.1 cm³/mol. The lowest BCUT2D eigenvalue weighted by Crippen LogP contribution is -2.45. The first-order chi connectivity index (χ1) is 9.44. The Balaban J connectivity index is 2.00. The first kappa shape index (κ1) is 15.3. The monoisotopic (exact) mass is 343 g/mol. The highest BCUT2D eigenvalue weighted by Crippen LogP contribution is 2.32. The van der Waals surface area contributed by atoms with Crippen LogP contribution in [0.3, 0.4) is 0 Å². The van der Waals surface area contributed by atoms with E-state index in [2.05, 4.69) is 26.0 Å². The molecule has 1 aromatic rings. The third kappa shape index (κ3) is 3.30. The van der Waals surface area contributed by atoms with Gasteiger partial charge < -0.3 is 10.9 Å². The topological polar surface area (TPSA) is 61.9 Å². The molecule has 0 aromatic heterocycles. The van der Waals surface area contributed by atoms with Crippen LogP contribution < -0.4 is 5.73 Å². The maximum atomic E-state index is 13.3. The van der Waals surface area contributed by atoms with E-state index in [0.29, 0.717) is 12.4 Å². The van der Waals surface area contributed by atoms with E-state index in [9.17, 15) is 4.39 Å². The van der Waals surface area contributed by atoms with E-state index in [1.807, 2.05) is 6.92 Å². The lowest BCUT2D eigenvalue weighted by molar-refractivity contribution is 0.152. The van der Waals surface area contributed by atoms with E-state index >= 15 is 0 Å². The van der Waals surface area contributed by atoms with Crippen molar-refractivity contribution in [3.63, 3.8) is 0 Å². The fraction of sp³-hybridized carbons (Fsp3) is 0.500. The summed E-state index contributed by atoms with van der Waals surface area (Å²) in [6, 6.07) is 4.73. The van der Waals surface area contributed by atoms with Gasteiger partial charge in [-0.3, -0.25) is 4.90 Å². The summed E-state index contributed by atoms with van der Waals surface area (Å²) in [4.78, 5) is 2.26. The van der Waals surface area contributed by atoms with Gasteiger partial charge in [0.15, 0.2) is 0 Å². The van der Waals surface area contributed by atoms with E-state index in [-0.39, 0.29) is 11.2 Å². The summed E-state index contributed by atoms with van der Waals surface area (Å²) in [5.41, 5.74) is 6.44. The molecule has 3 N–H and O–H groups in total. The number of rotatable bonds is 3. The Morgan fingerprint density at radius 3 is 2.75 bits per heavy atom. The second kappa shape index (κ2) is 6.10. The molecule has 1 aliphatic rings. The van der Waals surface area contributed by atoms with Crippen molar-refractivity contribution in [3.8, 4) is 0 Å². The number of nitrogens with two attached hydrogens (primary N) is 1. The normalized spacial score (nSPS) is 20.1. The molecule has 6 heteroatoms. The summed E-state index contributed by atoms with van der Waals surface area (Å²) >= 11 is 3.45. The fourth-order valence-electron chi connectivity index (χ4n) is 2.49. The first-order valence-electron chi connectivity index (χ1n) is 6.59. The van der Waals surface area contributed by atoms with Gasteiger partial charge in [0.05, 0.1) is 0 Å². The highest BCUT2D eigenvalue weighted by molar-refractivity contribution is 9.10. The van der Waals surface area contributed by atoms with Crippen molar-refractivity contribution in [2.24, 2.45) is 16.3 Å². The average Bonchev–Trinajstić information content (AvgIpc) is 2.44. The Hall–Kier alpha value is -1.14. The van der Waals surface area contributed by atoms with Gasteiger partial charge in [0.25, 0.3) is 0 Å². The van der Waals surface area contributed by atoms with Crippen molar-refractivity contribution in [2.45, 2.75) is 26.3 Å². The minimum absolute atomic E-state index is 0.221. The SMILES string of the molecule is CC1(/C(N)=N/O)CCN(Cc2cc(F)ccc2Br)CC1. The van der Waals surface area contributed by atoms with Crippen LogP contribution in [0.1, 0.15) is 25.3 Å². The number of benzene rings is 1. The van der Waals surface area contributed by atoms with Gasteiger partial charge >= 0.3 is 0 Å².